The van der Waals surface area contributed by atoms with Crippen LogP contribution < -0.4 is 15.8 Å². The molecular formula is C17H20N2O2. The standard InChI is InChI=1S/C17H20N2O2/c1-3-13-7-9-15(10-8-13)19-17(20)12(2)21-16-6-4-5-14(18)11-16/h4-12H,3,18H2,1-2H3,(H,19,20)/t12-/m1/s1. The first kappa shape index (κ1) is 14.9. The highest BCUT2D eigenvalue weighted by atomic mass is 16.5. The first-order chi connectivity index (χ1) is 10.1. The third-order valence-corrected chi connectivity index (χ3v) is 3.17. The van der Waals surface area contributed by atoms with Gasteiger partial charge in [0.2, 0.25) is 0 Å². The molecule has 0 radical (unpaired) electrons. The number of ether oxygens (including phenoxy) is 1. The molecule has 0 aliphatic carbocycles. The molecule has 0 aliphatic rings. The molecule has 0 saturated carbocycles. The lowest BCUT2D eigenvalue weighted by Gasteiger charge is -2.15. The van der Waals surface area contributed by atoms with Crippen molar-refractivity contribution >= 4 is 17.3 Å². The second-order valence-corrected chi connectivity index (χ2v) is 4.87. The predicted molar refractivity (Wildman–Crippen MR) is 85.4 cm³/mol. The van der Waals surface area contributed by atoms with E-state index >= 15 is 0 Å². The van der Waals surface area contributed by atoms with Gasteiger partial charge in [-0.3, -0.25) is 4.79 Å². The van der Waals surface area contributed by atoms with Crippen molar-refractivity contribution in [2.75, 3.05) is 11.1 Å². The van der Waals surface area contributed by atoms with Gasteiger partial charge in [-0.25, -0.2) is 0 Å². The lowest BCUT2D eigenvalue weighted by molar-refractivity contribution is -0.122. The summed E-state index contributed by atoms with van der Waals surface area (Å²) < 4.78 is 5.58. The van der Waals surface area contributed by atoms with E-state index in [-0.39, 0.29) is 5.91 Å². The van der Waals surface area contributed by atoms with Crippen LogP contribution in [0.1, 0.15) is 19.4 Å². The lowest BCUT2D eigenvalue weighted by atomic mass is 10.1. The van der Waals surface area contributed by atoms with Crippen LogP contribution in [-0.2, 0) is 11.2 Å². The minimum absolute atomic E-state index is 0.193. The fourth-order valence-electron chi connectivity index (χ4n) is 1.91. The molecule has 110 valence electrons. The third-order valence-electron chi connectivity index (χ3n) is 3.17. The first-order valence-electron chi connectivity index (χ1n) is 7.00. The van der Waals surface area contributed by atoms with Crippen molar-refractivity contribution in [1.29, 1.82) is 0 Å². The Bertz CT molecular complexity index is 608. The summed E-state index contributed by atoms with van der Waals surface area (Å²) in [6.07, 6.45) is 0.376. The highest BCUT2D eigenvalue weighted by molar-refractivity contribution is 5.94. The molecule has 0 spiro atoms. The molecule has 2 rings (SSSR count). The van der Waals surface area contributed by atoms with Gasteiger partial charge >= 0.3 is 0 Å². The average molecular weight is 284 g/mol. The Kier molecular flexibility index (Phi) is 4.82. The summed E-state index contributed by atoms with van der Waals surface area (Å²) >= 11 is 0. The van der Waals surface area contributed by atoms with Gasteiger partial charge < -0.3 is 15.8 Å². The first-order valence-corrected chi connectivity index (χ1v) is 7.00. The topological polar surface area (TPSA) is 64.3 Å². The number of nitrogens with one attached hydrogen (secondary N) is 1. The summed E-state index contributed by atoms with van der Waals surface area (Å²) in [5.74, 6) is 0.389. The maximum Gasteiger partial charge on any atom is 0.265 e. The normalized spacial score (nSPS) is 11.7. The van der Waals surface area contributed by atoms with E-state index in [0.29, 0.717) is 11.4 Å². The fraction of sp³-hybridized carbons (Fsp3) is 0.235. The molecule has 4 heteroatoms. The number of anilines is 2. The summed E-state index contributed by atoms with van der Waals surface area (Å²) in [5, 5.41) is 2.83. The van der Waals surface area contributed by atoms with Crippen molar-refractivity contribution in [2.45, 2.75) is 26.4 Å². The second kappa shape index (κ2) is 6.79. The van der Waals surface area contributed by atoms with E-state index in [0.717, 1.165) is 12.1 Å². The maximum absolute atomic E-state index is 12.1. The van der Waals surface area contributed by atoms with Crippen LogP contribution in [0.4, 0.5) is 11.4 Å². The van der Waals surface area contributed by atoms with Gasteiger partial charge in [0, 0.05) is 17.4 Å². The number of amides is 1. The van der Waals surface area contributed by atoms with Crippen LogP contribution >= 0.6 is 0 Å². The Morgan fingerprint density at radius 1 is 1.24 bits per heavy atom. The van der Waals surface area contributed by atoms with Crippen LogP contribution in [0, 0.1) is 0 Å². The Hall–Kier alpha value is -2.49. The number of carbonyl (C=O) groups is 1. The summed E-state index contributed by atoms with van der Waals surface area (Å²) in [5.41, 5.74) is 8.28. The minimum atomic E-state index is -0.599. The van der Waals surface area contributed by atoms with Crippen molar-refractivity contribution in [2.24, 2.45) is 0 Å². The fourth-order valence-corrected chi connectivity index (χ4v) is 1.91. The molecule has 0 heterocycles. The molecule has 21 heavy (non-hydrogen) atoms. The van der Waals surface area contributed by atoms with Gasteiger partial charge in [-0.1, -0.05) is 25.1 Å². The summed E-state index contributed by atoms with van der Waals surface area (Å²) in [6.45, 7) is 3.80. The number of hydrogen-bond donors (Lipinski definition) is 2. The Labute approximate surface area is 124 Å². The zero-order chi connectivity index (χ0) is 15.2. The largest absolute Gasteiger partial charge is 0.481 e. The van der Waals surface area contributed by atoms with Gasteiger partial charge in [-0.15, -0.1) is 0 Å². The molecule has 0 fully saturated rings. The lowest BCUT2D eigenvalue weighted by Crippen LogP contribution is -2.30. The van der Waals surface area contributed by atoms with Gasteiger partial charge in [0.15, 0.2) is 6.10 Å². The molecule has 3 N–H and O–H groups in total. The van der Waals surface area contributed by atoms with Gasteiger partial charge in [0.25, 0.3) is 5.91 Å². The highest BCUT2D eigenvalue weighted by Crippen LogP contribution is 2.17. The zero-order valence-corrected chi connectivity index (χ0v) is 12.3. The van der Waals surface area contributed by atoms with Crippen LogP contribution in [-0.4, -0.2) is 12.0 Å². The number of benzene rings is 2. The van der Waals surface area contributed by atoms with E-state index in [4.69, 9.17) is 10.5 Å². The highest BCUT2D eigenvalue weighted by Gasteiger charge is 2.14. The van der Waals surface area contributed by atoms with E-state index in [1.807, 2.05) is 24.3 Å². The molecule has 1 amide bonds. The number of rotatable bonds is 5. The van der Waals surface area contributed by atoms with Crippen LogP contribution in [0.25, 0.3) is 0 Å². The molecule has 4 nitrogen and oxygen atoms in total. The van der Waals surface area contributed by atoms with E-state index in [1.54, 1.807) is 31.2 Å². The average Bonchev–Trinajstić information content (AvgIpc) is 2.48. The second-order valence-electron chi connectivity index (χ2n) is 4.87. The number of aryl methyl sites for hydroxylation is 1. The summed E-state index contributed by atoms with van der Waals surface area (Å²) in [7, 11) is 0. The Morgan fingerprint density at radius 2 is 1.95 bits per heavy atom. The molecular weight excluding hydrogens is 264 g/mol. The molecule has 0 aromatic heterocycles. The van der Waals surface area contributed by atoms with Crippen molar-refractivity contribution in [3.63, 3.8) is 0 Å². The molecule has 0 aliphatic heterocycles. The summed E-state index contributed by atoms with van der Waals surface area (Å²) in [6, 6.07) is 14.8. The molecule has 1 atom stereocenters. The number of nitrogens with two attached hydrogens (primary N) is 1. The van der Waals surface area contributed by atoms with Gasteiger partial charge in [-0.2, -0.15) is 0 Å². The van der Waals surface area contributed by atoms with Crippen molar-refractivity contribution in [3.05, 3.63) is 54.1 Å². The Morgan fingerprint density at radius 3 is 2.57 bits per heavy atom. The number of carbonyl (C=O) groups excluding carboxylic acids is 1. The Balaban J connectivity index is 1.95. The minimum Gasteiger partial charge on any atom is -0.481 e. The predicted octanol–water partition coefficient (Wildman–Crippen LogP) is 3.24. The van der Waals surface area contributed by atoms with Gasteiger partial charge in [0.05, 0.1) is 0 Å². The quantitative estimate of drug-likeness (QED) is 0.828. The monoisotopic (exact) mass is 284 g/mol. The molecule has 0 saturated heterocycles. The van der Waals surface area contributed by atoms with E-state index < -0.39 is 6.10 Å². The number of nitrogen functional groups attached to an aromatic ring is 1. The summed E-state index contributed by atoms with van der Waals surface area (Å²) in [4.78, 5) is 12.1. The zero-order valence-electron chi connectivity index (χ0n) is 12.3. The van der Waals surface area contributed by atoms with E-state index in [2.05, 4.69) is 12.2 Å². The molecule has 2 aromatic rings. The SMILES string of the molecule is CCc1ccc(NC(=O)[C@@H](C)Oc2cccc(N)c2)cc1. The van der Waals surface area contributed by atoms with E-state index in [1.165, 1.54) is 5.56 Å². The molecule has 2 aromatic carbocycles. The molecule has 0 unspecified atom stereocenters. The van der Waals surface area contributed by atoms with Crippen molar-refractivity contribution in [3.8, 4) is 5.75 Å². The third kappa shape index (κ3) is 4.24. The molecule has 0 bridgehead atoms. The van der Waals surface area contributed by atoms with Crippen LogP contribution in [0.15, 0.2) is 48.5 Å². The van der Waals surface area contributed by atoms with Gasteiger partial charge in [0.1, 0.15) is 5.75 Å². The van der Waals surface area contributed by atoms with Crippen LogP contribution in [0.3, 0.4) is 0 Å². The number of hydrogen-bond acceptors (Lipinski definition) is 3. The smallest absolute Gasteiger partial charge is 0.265 e. The van der Waals surface area contributed by atoms with Crippen molar-refractivity contribution < 1.29 is 9.53 Å². The van der Waals surface area contributed by atoms with Crippen LogP contribution in [0.2, 0.25) is 0 Å². The maximum atomic E-state index is 12.1. The van der Waals surface area contributed by atoms with E-state index in [9.17, 15) is 4.79 Å². The van der Waals surface area contributed by atoms with Gasteiger partial charge in [-0.05, 0) is 43.2 Å². The van der Waals surface area contributed by atoms with Crippen LogP contribution in [0.5, 0.6) is 5.75 Å². The van der Waals surface area contributed by atoms with Crippen molar-refractivity contribution in [1.82, 2.24) is 0 Å².